The summed E-state index contributed by atoms with van der Waals surface area (Å²) in [7, 11) is 4.33. The number of amides is 13. The second-order valence-corrected chi connectivity index (χ2v) is 29.4. The number of carboxylic acid groups (broad SMARTS) is 1. The van der Waals surface area contributed by atoms with Gasteiger partial charge in [0.2, 0.25) is 76.6 Å². The van der Waals surface area contributed by atoms with Gasteiger partial charge in [-0.2, -0.15) is 0 Å². The van der Waals surface area contributed by atoms with E-state index in [9.17, 15) is 77.3 Å². The Labute approximate surface area is 663 Å². The lowest BCUT2D eigenvalue weighted by atomic mass is 10.0. The second kappa shape index (κ2) is 42.0. The lowest BCUT2D eigenvalue weighted by molar-refractivity contribution is -0.144. The van der Waals surface area contributed by atoms with Gasteiger partial charge >= 0.3 is 5.97 Å². The summed E-state index contributed by atoms with van der Waals surface area (Å²) in [5, 5.41) is 56.7. The Hall–Kier alpha value is -11.3. The Balaban J connectivity index is 1.02. The monoisotopic (exact) mass is 1610 g/mol. The fourth-order valence-electron chi connectivity index (χ4n) is 13.7. The highest BCUT2D eigenvalue weighted by Gasteiger charge is 2.46. The molecule has 12 atom stereocenters. The van der Waals surface area contributed by atoms with E-state index >= 15 is 0 Å². The van der Waals surface area contributed by atoms with Crippen molar-refractivity contribution in [3.8, 4) is 17.2 Å². The fraction of sp³-hybridized carbons (Fsp3) is 0.539. The van der Waals surface area contributed by atoms with E-state index in [0.717, 1.165) is 4.90 Å². The van der Waals surface area contributed by atoms with E-state index in [0.29, 0.717) is 45.0 Å². The third kappa shape index (κ3) is 24.3. The van der Waals surface area contributed by atoms with Gasteiger partial charge < -0.3 is 113 Å². The third-order valence-electron chi connectivity index (χ3n) is 19.7. The number of guanidine groups is 1. The van der Waals surface area contributed by atoms with E-state index in [1.165, 1.54) is 45.0 Å². The molecular formula is C76H105ClN16O21. The number of nitrogens with zero attached hydrogens (tertiary/aromatic N) is 4. The maximum absolute atomic E-state index is 14.9. The summed E-state index contributed by atoms with van der Waals surface area (Å²) < 4.78 is 22.2. The summed E-state index contributed by atoms with van der Waals surface area (Å²) in [5.74, 6) is -12.6. The molecule has 37 nitrogen and oxygen atoms in total. The molecule has 3 aliphatic rings. The van der Waals surface area contributed by atoms with Crippen LogP contribution in [0.4, 0.5) is 0 Å². The molecule has 3 aliphatic heterocycles. The number of likely N-dealkylation sites (tertiary alicyclic amines) is 3. The molecule has 1 aromatic heterocycles. The van der Waals surface area contributed by atoms with E-state index in [1.54, 1.807) is 81.4 Å². The summed E-state index contributed by atoms with van der Waals surface area (Å²) in [6.45, 7) is 9.52. The number of carbonyl (C=O) groups is 14. The second-order valence-electron chi connectivity index (χ2n) is 29.0. The number of carboxylic acids is 1. The zero-order chi connectivity index (χ0) is 83.9. The zero-order valence-corrected chi connectivity index (χ0v) is 66.1. The topological polar surface area (TPSA) is 535 Å². The number of aliphatic imine (C=N–C) groups is 1. The van der Waals surface area contributed by atoms with Crippen LogP contribution in [0.25, 0.3) is 11.0 Å². The first-order valence-electron chi connectivity index (χ1n) is 37.5. The number of hydrogen-bond donors (Lipinski definition) is 15. The molecule has 3 saturated heterocycles. The van der Waals surface area contributed by atoms with E-state index in [-0.39, 0.29) is 106 Å². The van der Waals surface area contributed by atoms with Gasteiger partial charge in [0.15, 0.2) is 23.1 Å². The van der Waals surface area contributed by atoms with Crippen molar-refractivity contribution in [2.45, 2.75) is 192 Å². The van der Waals surface area contributed by atoms with Crippen LogP contribution in [-0.2, 0) is 75.2 Å². The Morgan fingerprint density at radius 2 is 1.16 bits per heavy atom. The number of aryl methyl sites for hydroxylation is 1. The average molecular weight is 1610 g/mol. The number of methoxy groups -OCH3 is 3. The van der Waals surface area contributed by atoms with Crippen LogP contribution < -0.4 is 78.8 Å². The normalized spacial score (nSPS) is 18.0. The van der Waals surface area contributed by atoms with Crippen molar-refractivity contribution in [2.24, 2.45) is 28.3 Å². The van der Waals surface area contributed by atoms with Crippen molar-refractivity contribution in [1.82, 2.24) is 67.9 Å². The van der Waals surface area contributed by atoms with Gasteiger partial charge in [0, 0.05) is 61.4 Å². The number of carbonyl (C=O) groups excluding carboxylic acids is 13. The minimum Gasteiger partial charge on any atom is -0.497 e. The number of furan rings is 1. The van der Waals surface area contributed by atoms with Crippen molar-refractivity contribution >= 4 is 111 Å². The van der Waals surface area contributed by atoms with Crippen molar-refractivity contribution in [2.75, 3.05) is 60.8 Å². The summed E-state index contributed by atoms with van der Waals surface area (Å²) in [4.78, 5) is 204. The minimum atomic E-state index is -1.88. The predicted molar refractivity (Wildman–Crippen MR) is 412 cm³/mol. The highest BCUT2D eigenvalue weighted by Crippen LogP contribution is 2.39. The molecule has 7 rings (SSSR count). The Kier molecular flexibility index (Phi) is 33.1. The minimum absolute atomic E-state index is 0.0152. The Morgan fingerprint density at radius 1 is 0.605 bits per heavy atom. The highest BCUT2D eigenvalue weighted by atomic mass is 35.5. The van der Waals surface area contributed by atoms with Crippen molar-refractivity contribution in [1.29, 1.82) is 0 Å². The van der Waals surface area contributed by atoms with E-state index in [1.807, 2.05) is 13.8 Å². The smallest absolute Gasteiger partial charge is 0.305 e. The Bertz CT molecular complexity index is 4180. The van der Waals surface area contributed by atoms with Crippen molar-refractivity contribution < 1.29 is 101 Å². The standard InChI is InChI=1S/C76H105ClN16O21/c1-38(2)30-50(88-72(107)61-40(5)48-25-26-57(112-9)63(113-10)62(48)114-61)66(101)83-41(6)64(99)89-53(32-44-19-23-47(111-8)24-20-44)74(109)92-29-13-16-55(92)70(105)87-52(34-59(97)98)67(102)84-42(7)65(100)90-60(39(3)4)75(110)93-36-46(95)33-56(93)71(106)86-51(31-43-17-21-45(77)22-18-43)68(103)85-49(14-11-27-80-76(78)79)73(108)91-28-12-15-54(91)69(104)81-35-58(96)82-37-94/h17-26,38-39,41-42,46,49-56,60,94-95H,11-16,27-37H2,1-10H3,(H,81,104)(H,82,96)(H,83,101)(H,84,102)(H,85,103)(H,86,106)(H,87,105)(H,88,107)(H,89,99)(H,90,100)(H,97,98)(H4,78,79,80)/t41-,42-,46+,49-,50-,51?,52-,53-,54-,55-,56-,60-/m0/s1. The Morgan fingerprint density at radius 3 is 1.73 bits per heavy atom. The number of hydrogen-bond acceptors (Lipinski definition) is 21. The first-order valence-corrected chi connectivity index (χ1v) is 37.9. The number of halogens is 1. The summed E-state index contributed by atoms with van der Waals surface area (Å²) in [6.07, 6.45) is -2.00. The summed E-state index contributed by atoms with van der Waals surface area (Å²) in [6, 6.07) is 0.644. The lowest BCUT2D eigenvalue weighted by Gasteiger charge is -2.32. The molecule has 38 heteroatoms. The van der Waals surface area contributed by atoms with Crippen LogP contribution in [0.1, 0.15) is 127 Å². The van der Waals surface area contributed by atoms with Gasteiger partial charge in [0.1, 0.15) is 78.9 Å². The van der Waals surface area contributed by atoms with E-state index in [2.05, 4.69) is 58.2 Å². The average Bonchev–Trinajstić information content (AvgIpc) is 1.62. The van der Waals surface area contributed by atoms with E-state index < -0.39 is 187 Å². The van der Waals surface area contributed by atoms with Gasteiger partial charge in [0.05, 0.1) is 40.4 Å². The molecule has 3 aromatic carbocycles. The van der Waals surface area contributed by atoms with Crippen LogP contribution in [0, 0.1) is 18.8 Å². The molecule has 0 saturated carbocycles. The molecule has 13 amide bonds. The highest BCUT2D eigenvalue weighted by molar-refractivity contribution is 6.30. The number of aliphatic hydroxyl groups is 2. The summed E-state index contributed by atoms with van der Waals surface area (Å²) in [5.41, 5.74) is 12.8. The van der Waals surface area contributed by atoms with Crippen LogP contribution in [0.5, 0.6) is 17.2 Å². The number of fused-ring (bicyclic) bond motifs is 1. The number of nitrogens with two attached hydrogens (primary N) is 2. The van der Waals surface area contributed by atoms with Gasteiger partial charge in [-0.05, 0) is 125 Å². The predicted octanol–water partition coefficient (Wildman–Crippen LogP) is -1.21. The number of aliphatic hydroxyl groups excluding tert-OH is 2. The molecule has 17 N–H and O–H groups in total. The molecule has 0 bridgehead atoms. The number of benzene rings is 3. The van der Waals surface area contributed by atoms with Gasteiger partial charge in [-0.3, -0.25) is 72.1 Å². The number of aliphatic carboxylic acids is 1. The SMILES string of the molecule is COc1ccc(C[C@H](NC(=O)[C@H](C)NC(=O)[C@H](CC(C)C)NC(=O)c2oc3c(OC)c(OC)ccc3c2C)C(=O)N2CCC[C@H]2C(=O)N[C@@H](CC(=O)O)C(=O)N[C@@H](C)C(=O)N[C@H](C(=O)N2C[C@H](O)C[C@H]2C(=O)NC(Cc2ccc(Cl)cc2)C(=O)N[C@@H](CCCN=C(N)N)C(=O)N2CCC[C@H]2C(=O)NCC(=O)NCO)C(C)C)cc1. The first-order chi connectivity index (χ1) is 54.1. The molecule has 4 aromatic rings. The molecular weight excluding hydrogens is 1510 g/mol. The maximum Gasteiger partial charge on any atom is 0.305 e. The molecule has 0 radical (unpaired) electrons. The van der Waals surface area contributed by atoms with Crippen LogP contribution in [-0.4, -0.2) is 252 Å². The zero-order valence-electron chi connectivity index (χ0n) is 65.4. The van der Waals surface area contributed by atoms with E-state index in [4.69, 9.17) is 46.8 Å². The number of nitrogens with one attached hydrogen (secondary N) is 10. The summed E-state index contributed by atoms with van der Waals surface area (Å²) >= 11 is 6.21. The van der Waals surface area contributed by atoms with Crippen molar-refractivity contribution in [3.05, 3.63) is 88.1 Å². The number of β-amino-alcohol motifs (C(OH)–C–C–N with tert-alkyl or cyclic N) is 1. The molecule has 1 unspecified atom stereocenters. The molecule has 4 heterocycles. The largest absolute Gasteiger partial charge is 0.497 e. The van der Waals surface area contributed by atoms with Crippen molar-refractivity contribution in [3.63, 3.8) is 0 Å². The fourth-order valence-corrected chi connectivity index (χ4v) is 13.9. The van der Waals surface area contributed by atoms with Gasteiger partial charge in [0.25, 0.3) is 5.91 Å². The molecule has 622 valence electrons. The molecule has 3 fully saturated rings. The number of ether oxygens (including phenoxy) is 3. The van der Waals surface area contributed by atoms with Crippen LogP contribution in [0.2, 0.25) is 5.02 Å². The third-order valence-corrected chi connectivity index (χ3v) is 20.0. The van der Waals surface area contributed by atoms with Crippen LogP contribution in [0.15, 0.2) is 70.1 Å². The quantitative estimate of drug-likeness (QED) is 0.0108. The van der Waals surface area contributed by atoms with Crippen LogP contribution in [0.3, 0.4) is 0 Å². The number of rotatable bonds is 39. The van der Waals surface area contributed by atoms with Gasteiger partial charge in [-0.1, -0.05) is 63.6 Å². The molecule has 0 aliphatic carbocycles. The van der Waals surface area contributed by atoms with Gasteiger partial charge in [-0.15, -0.1) is 0 Å². The molecule has 0 spiro atoms. The first kappa shape index (κ1) is 89.9. The lowest BCUT2D eigenvalue weighted by Crippen LogP contribution is -2.61. The van der Waals surface area contributed by atoms with Gasteiger partial charge in [-0.25, -0.2) is 0 Å². The van der Waals surface area contributed by atoms with Crippen LogP contribution >= 0.6 is 11.6 Å². The molecule has 114 heavy (non-hydrogen) atoms. The maximum atomic E-state index is 14.9.